The van der Waals surface area contributed by atoms with Crippen molar-refractivity contribution in [2.75, 3.05) is 0 Å². The van der Waals surface area contributed by atoms with Crippen molar-refractivity contribution in [2.24, 2.45) is 11.8 Å². The number of aliphatic hydroxyl groups excluding tert-OH is 1. The number of allylic oxidation sites excluding steroid dienone is 2. The van der Waals surface area contributed by atoms with Crippen LogP contribution >= 0.6 is 11.3 Å². The molecule has 1 N–H and O–H groups in total. The Bertz CT molecular complexity index is 1670. The molecule has 43 heavy (non-hydrogen) atoms. The summed E-state index contributed by atoms with van der Waals surface area (Å²) in [5.41, 5.74) is 6.54. The van der Waals surface area contributed by atoms with Crippen LogP contribution in [0, 0.1) is 31.7 Å². The molecule has 6 heteroatoms. The molecule has 0 aliphatic rings. The first-order valence-electron chi connectivity index (χ1n) is 15.0. The fraction of sp³-hybridized carbons (Fsp3) is 0.324. The number of thiophene rings is 1. The Kier molecular flexibility index (Phi) is 12.8. The van der Waals surface area contributed by atoms with E-state index >= 15 is 0 Å². The number of hydrogen-bond acceptors (Lipinski definition) is 5. The topological polar surface area (TPSA) is 63.1 Å². The number of carbonyl (C=O) groups excluding carboxylic acids is 1. The van der Waals surface area contributed by atoms with Gasteiger partial charge in [-0.1, -0.05) is 71.9 Å². The Labute approximate surface area is 273 Å². The zero-order valence-corrected chi connectivity index (χ0v) is 29.1. The van der Waals surface area contributed by atoms with Crippen molar-refractivity contribution in [1.29, 1.82) is 0 Å². The van der Waals surface area contributed by atoms with E-state index in [1.54, 1.807) is 11.3 Å². The van der Waals surface area contributed by atoms with E-state index in [0.29, 0.717) is 0 Å². The van der Waals surface area contributed by atoms with E-state index in [1.165, 1.54) is 27.1 Å². The molecule has 0 unspecified atom stereocenters. The number of benzene rings is 2. The predicted molar refractivity (Wildman–Crippen MR) is 178 cm³/mol. The molecule has 227 valence electrons. The summed E-state index contributed by atoms with van der Waals surface area (Å²) in [4.78, 5) is 22.4. The maximum atomic E-state index is 11.7. The number of aliphatic hydroxyl groups is 1. The van der Waals surface area contributed by atoms with Gasteiger partial charge in [0.15, 0.2) is 5.78 Å². The Morgan fingerprint density at radius 1 is 0.907 bits per heavy atom. The maximum Gasteiger partial charge on any atom is 0.162 e. The molecule has 0 aliphatic carbocycles. The van der Waals surface area contributed by atoms with Gasteiger partial charge in [0, 0.05) is 65.6 Å². The number of carbonyl (C=O) groups is 1. The molecular weight excluding hydrogens is 729 g/mol. The number of aryl methyl sites for hydroxylation is 2. The van der Waals surface area contributed by atoms with Gasteiger partial charge >= 0.3 is 0 Å². The number of pyridine rings is 2. The third kappa shape index (κ3) is 8.26. The summed E-state index contributed by atoms with van der Waals surface area (Å²) in [5.74, 6) is 0.547. The maximum absolute atomic E-state index is 11.7. The number of nitrogens with zero attached hydrogens (tertiary/aromatic N) is 2. The third-order valence-corrected chi connectivity index (χ3v) is 8.93. The minimum atomic E-state index is 0. The van der Waals surface area contributed by atoms with Gasteiger partial charge in [0.1, 0.15) is 4.83 Å². The molecule has 3 heterocycles. The molecule has 5 rings (SSSR count). The molecular formula is C37H41IrN2O2S-. The largest absolute Gasteiger partial charge is 0.512 e. The summed E-state index contributed by atoms with van der Waals surface area (Å²) in [6.45, 7) is 12.3. The summed E-state index contributed by atoms with van der Waals surface area (Å²) in [7, 11) is 0. The van der Waals surface area contributed by atoms with Crippen molar-refractivity contribution in [2.45, 2.75) is 67.2 Å². The zero-order valence-electron chi connectivity index (χ0n) is 25.9. The van der Waals surface area contributed by atoms with E-state index in [9.17, 15) is 9.90 Å². The summed E-state index contributed by atoms with van der Waals surface area (Å²) in [6.07, 6.45) is 6.80. The van der Waals surface area contributed by atoms with Crippen LogP contribution in [-0.4, -0.2) is 20.9 Å². The Balaban J connectivity index is 0.000000274. The minimum Gasteiger partial charge on any atom is -0.512 e. The number of rotatable bonds is 9. The first-order chi connectivity index (χ1) is 20.3. The molecule has 0 aliphatic heterocycles. The van der Waals surface area contributed by atoms with E-state index in [0.717, 1.165) is 58.6 Å². The third-order valence-electron chi connectivity index (χ3n) is 7.81. The summed E-state index contributed by atoms with van der Waals surface area (Å²) < 4.78 is 1.17. The molecule has 0 saturated carbocycles. The van der Waals surface area contributed by atoms with Gasteiger partial charge in [0.05, 0.1) is 11.5 Å². The van der Waals surface area contributed by atoms with Gasteiger partial charge in [0.2, 0.25) is 0 Å². The summed E-state index contributed by atoms with van der Waals surface area (Å²) in [6, 6.07) is 24.4. The number of hydrogen-bond donors (Lipinski definition) is 1. The predicted octanol–water partition coefficient (Wildman–Crippen LogP) is 10.5. The Hall–Kier alpha value is -3.18. The Morgan fingerprint density at radius 2 is 1.58 bits per heavy atom. The first kappa shape index (κ1) is 34.3. The normalized spacial score (nSPS) is 11.5. The van der Waals surface area contributed by atoms with Crippen LogP contribution in [0.3, 0.4) is 0 Å². The van der Waals surface area contributed by atoms with Crippen molar-refractivity contribution in [3.05, 3.63) is 95.9 Å². The van der Waals surface area contributed by atoms with Crippen molar-refractivity contribution in [3.8, 4) is 22.5 Å². The average molecular weight is 770 g/mol. The van der Waals surface area contributed by atoms with Crippen LogP contribution in [0.2, 0.25) is 0 Å². The van der Waals surface area contributed by atoms with E-state index < -0.39 is 0 Å². The monoisotopic (exact) mass is 770 g/mol. The molecule has 0 bridgehead atoms. The van der Waals surface area contributed by atoms with Gasteiger partial charge in [-0.3, -0.25) is 4.79 Å². The standard InChI is InChI=1S/C24H17N2S.C13H24O2.Ir/c1-15-12-16(2)14-18(13-15)22-23-19(10-11-25-22)20-8-9-21(26-24(20)27-23)17-6-4-3-5-7-17;1-5-10(6-2)12(14)9-13(15)11(7-3)8-4;/h3-13H,1-2H3;9-11,14H,5-8H2,1-4H3;/q-1;;/b;12-9-;. The van der Waals surface area contributed by atoms with E-state index in [4.69, 9.17) is 4.98 Å². The number of ketones is 1. The van der Waals surface area contributed by atoms with Crippen molar-refractivity contribution < 1.29 is 30.0 Å². The average Bonchev–Trinajstić information content (AvgIpc) is 3.37. The van der Waals surface area contributed by atoms with E-state index in [1.807, 2.05) is 52.1 Å². The van der Waals surface area contributed by atoms with E-state index in [-0.39, 0.29) is 43.5 Å². The van der Waals surface area contributed by atoms with Crippen LogP contribution in [-0.2, 0) is 24.9 Å². The van der Waals surface area contributed by atoms with Gasteiger partial charge in [-0.05, 0) is 49.3 Å². The van der Waals surface area contributed by atoms with Crippen molar-refractivity contribution >= 4 is 37.4 Å². The Morgan fingerprint density at radius 3 is 2.21 bits per heavy atom. The van der Waals surface area contributed by atoms with Gasteiger partial charge in [-0.25, -0.2) is 4.98 Å². The molecule has 0 saturated heterocycles. The first-order valence-corrected chi connectivity index (χ1v) is 15.8. The molecule has 0 amide bonds. The fourth-order valence-electron chi connectivity index (χ4n) is 5.35. The van der Waals surface area contributed by atoms with Crippen molar-refractivity contribution in [3.63, 3.8) is 0 Å². The van der Waals surface area contributed by atoms with Gasteiger partial charge in [-0.15, -0.1) is 46.2 Å². The number of aromatic nitrogens is 2. The molecule has 2 aromatic carbocycles. The van der Waals surface area contributed by atoms with Gasteiger partial charge < -0.3 is 10.1 Å². The van der Waals surface area contributed by atoms with Crippen LogP contribution in [0.4, 0.5) is 0 Å². The summed E-state index contributed by atoms with van der Waals surface area (Å²) in [5, 5.41) is 12.2. The van der Waals surface area contributed by atoms with Gasteiger partial charge in [0.25, 0.3) is 0 Å². The second kappa shape index (κ2) is 16.0. The molecule has 5 aromatic rings. The van der Waals surface area contributed by atoms with Crippen LogP contribution in [0.1, 0.15) is 64.5 Å². The molecule has 0 atom stereocenters. The molecule has 0 spiro atoms. The molecule has 3 aromatic heterocycles. The van der Waals surface area contributed by atoms with Gasteiger partial charge in [-0.2, -0.15) is 0 Å². The van der Waals surface area contributed by atoms with Crippen LogP contribution < -0.4 is 0 Å². The zero-order chi connectivity index (χ0) is 30.2. The van der Waals surface area contributed by atoms with Crippen LogP contribution in [0.25, 0.3) is 42.8 Å². The molecule has 0 fully saturated rings. The molecule has 1 radical (unpaired) electrons. The smallest absolute Gasteiger partial charge is 0.162 e. The SMILES string of the molecule is CCC(CC)C(=O)/C=C(\O)C(CC)CC.Cc1[c-]c(-c2nccc3c2sc2nc(-c4ccccc4)ccc23)cc(C)c1.[Ir]. The number of fused-ring (bicyclic) bond motifs is 3. The molecule has 4 nitrogen and oxygen atoms in total. The second-order valence-electron chi connectivity index (χ2n) is 10.8. The van der Waals surface area contributed by atoms with E-state index in [2.05, 4.69) is 67.4 Å². The second-order valence-corrected chi connectivity index (χ2v) is 11.8. The van der Waals surface area contributed by atoms with Crippen molar-refractivity contribution in [1.82, 2.24) is 9.97 Å². The summed E-state index contributed by atoms with van der Waals surface area (Å²) >= 11 is 1.71. The van der Waals surface area contributed by atoms with Crippen LogP contribution in [0.15, 0.2) is 78.7 Å². The quantitative estimate of drug-likeness (QED) is 0.0921. The van der Waals surface area contributed by atoms with Crippen LogP contribution in [0.5, 0.6) is 0 Å². The minimum absolute atomic E-state index is 0. The fourth-order valence-corrected chi connectivity index (χ4v) is 6.52.